The number of benzene rings is 2. The first-order valence-corrected chi connectivity index (χ1v) is 14.1. The van der Waals surface area contributed by atoms with Gasteiger partial charge in [0.25, 0.3) is 0 Å². The van der Waals surface area contributed by atoms with Crippen LogP contribution in [0.4, 0.5) is 20.3 Å². The summed E-state index contributed by atoms with van der Waals surface area (Å²) in [5.41, 5.74) is 2.45. The molecule has 6 rings (SSSR count). The molecule has 3 amide bonds. The van der Waals surface area contributed by atoms with Gasteiger partial charge in [-0.05, 0) is 85.5 Å². The highest BCUT2D eigenvalue weighted by atomic mass is 19.1. The predicted molar refractivity (Wildman–Crippen MR) is 150 cm³/mol. The summed E-state index contributed by atoms with van der Waals surface area (Å²) < 4.78 is 28.2. The van der Waals surface area contributed by atoms with Crippen LogP contribution in [0.2, 0.25) is 0 Å². The summed E-state index contributed by atoms with van der Waals surface area (Å²) in [7, 11) is 0. The minimum Gasteiger partial charge on any atom is -0.326 e. The molecule has 0 radical (unpaired) electrons. The zero-order valence-corrected chi connectivity index (χ0v) is 23.1. The molecule has 1 spiro atoms. The van der Waals surface area contributed by atoms with Gasteiger partial charge in [0.1, 0.15) is 24.0 Å². The lowest BCUT2D eigenvalue weighted by Crippen LogP contribution is -2.52. The molecule has 0 bridgehead atoms. The van der Waals surface area contributed by atoms with Gasteiger partial charge in [-0.25, -0.2) is 13.8 Å². The average molecular weight is 559 g/mol. The normalized spacial score (nSPS) is 22.4. The first-order valence-electron chi connectivity index (χ1n) is 14.1. The molecule has 1 aromatic heterocycles. The maximum atomic E-state index is 14.1. The number of halogens is 2. The van der Waals surface area contributed by atoms with Crippen molar-refractivity contribution < 1.29 is 23.2 Å². The Morgan fingerprint density at radius 1 is 1.05 bits per heavy atom. The Morgan fingerprint density at radius 3 is 2.51 bits per heavy atom. The molecule has 1 saturated heterocycles. The van der Waals surface area contributed by atoms with E-state index in [0.29, 0.717) is 55.6 Å². The Labute approximate surface area is 237 Å². The number of hydrogen-bond donors (Lipinski definition) is 2. The average Bonchev–Trinajstić information content (AvgIpc) is 3.46. The van der Waals surface area contributed by atoms with Crippen LogP contribution in [0.25, 0.3) is 0 Å². The first-order chi connectivity index (χ1) is 19.7. The number of nitrogens with one attached hydrogen (secondary N) is 2. The van der Waals surface area contributed by atoms with Crippen molar-refractivity contribution in [3.8, 4) is 0 Å². The van der Waals surface area contributed by atoms with Crippen molar-refractivity contribution in [2.45, 2.75) is 63.8 Å². The lowest BCUT2D eigenvalue weighted by Gasteiger charge is -2.45. The van der Waals surface area contributed by atoms with Crippen LogP contribution in [-0.4, -0.2) is 34.2 Å². The zero-order valence-electron chi connectivity index (χ0n) is 23.1. The van der Waals surface area contributed by atoms with Crippen LogP contribution in [0.15, 0.2) is 54.7 Å². The van der Waals surface area contributed by atoms with E-state index in [9.17, 15) is 23.2 Å². The number of amides is 3. The van der Waals surface area contributed by atoms with Gasteiger partial charge < -0.3 is 15.5 Å². The van der Waals surface area contributed by atoms with Crippen LogP contribution in [0.3, 0.4) is 0 Å². The molecule has 212 valence electrons. The number of likely N-dealkylation sites (tertiary alicyclic amines) is 1. The van der Waals surface area contributed by atoms with Crippen molar-refractivity contribution in [2.24, 2.45) is 5.41 Å². The van der Waals surface area contributed by atoms with E-state index in [2.05, 4.69) is 15.6 Å². The van der Waals surface area contributed by atoms with E-state index in [4.69, 9.17) is 0 Å². The molecule has 2 aromatic carbocycles. The molecule has 2 unspecified atom stereocenters. The molecule has 1 aliphatic carbocycles. The Bertz CT molecular complexity index is 1550. The van der Waals surface area contributed by atoms with E-state index in [1.54, 1.807) is 12.3 Å². The fraction of sp³-hybridized carbons (Fsp3) is 0.375. The van der Waals surface area contributed by atoms with Crippen molar-refractivity contribution in [3.05, 3.63) is 88.6 Å². The van der Waals surface area contributed by atoms with Gasteiger partial charge in [-0.2, -0.15) is 0 Å². The van der Waals surface area contributed by atoms with Crippen LogP contribution in [0.1, 0.15) is 67.8 Å². The van der Waals surface area contributed by atoms with Crippen LogP contribution in [0, 0.1) is 17.0 Å². The molecule has 41 heavy (non-hydrogen) atoms. The van der Waals surface area contributed by atoms with E-state index in [1.165, 1.54) is 17.0 Å². The van der Waals surface area contributed by atoms with Gasteiger partial charge in [-0.3, -0.25) is 14.4 Å². The van der Waals surface area contributed by atoms with E-state index < -0.39 is 34.4 Å². The maximum absolute atomic E-state index is 14.1. The SMILES string of the molecule is CCC1(CC)CCC(c2cc(F)cc(F)c2)N(CC(=O)Nc2ccc3c(c2)CC2(C3)C(=O)Nc3ncccc32)C1=O. The third-order valence-electron chi connectivity index (χ3n) is 9.39. The molecule has 7 nitrogen and oxygen atoms in total. The molecule has 3 heterocycles. The number of carbonyl (C=O) groups excluding carboxylic acids is 3. The highest BCUT2D eigenvalue weighted by molar-refractivity contribution is 6.06. The summed E-state index contributed by atoms with van der Waals surface area (Å²) in [5.74, 6) is -1.49. The molecule has 2 aliphatic heterocycles. The number of anilines is 2. The van der Waals surface area contributed by atoms with Gasteiger partial charge in [-0.1, -0.05) is 26.0 Å². The number of carbonyl (C=O) groups is 3. The molecule has 2 N–H and O–H groups in total. The van der Waals surface area contributed by atoms with Gasteiger partial charge in [0.05, 0.1) is 11.5 Å². The fourth-order valence-corrected chi connectivity index (χ4v) is 7.02. The van der Waals surface area contributed by atoms with Gasteiger partial charge in [0, 0.05) is 28.9 Å². The Hall–Kier alpha value is -4.14. The number of pyridine rings is 1. The quantitative estimate of drug-likeness (QED) is 0.421. The third kappa shape index (κ3) is 4.47. The zero-order chi connectivity index (χ0) is 28.9. The molecule has 1 fully saturated rings. The second-order valence-corrected chi connectivity index (χ2v) is 11.5. The van der Waals surface area contributed by atoms with Crippen LogP contribution in [0.5, 0.6) is 0 Å². The van der Waals surface area contributed by atoms with Gasteiger partial charge in [-0.15, -0.1) is 0 Å². The van der Waals surface area contributed by atoms with Crippen molar-refractivity contribution in [1.82, 2.24) is 9.88 Å². The summed E-state index contributed by atoms with van der Waals surface area (Å²) >= 11 is 0. The standard InChI is InChI=1S/C32H32F2N4O3/c1-3-31(4-2)10-9-26(20-12-22(33)15-23(34)13-20)38(30(31)41)18-27(39)36-24-8-7-19-16-32(17-21(19)14-24)25-6-5-11-35-28(25)37-29(32)40/h5-8,11-15,26H,3-4,9-10,16-18H2,1-2H3,(H,36,39)(H,35,37,40). The highest BCUT2D eigenvalue weighted by Crippen LogP contribution is 2.47. The Kier molecular flexibility index (Phi) is 6.63. The molecule has 3 aromatic rings. The Morgan fingerprint density at radius 2 is 1.78 bits per heavy atom. The van der Waals surface area contributed by atoms with E-state index in [1.807, 2.05) is 38.1 Å². The predicted octanol–water partition coefficient (Wildman–Crippen LogP) is 5.46. The number of fused-ring (bicyclic) bond motifs is 3. The molecule has 9 heteroatoms. The summed E-state index contributed by atoms with van der Waals surface area (Å²) in [6.07, 6.45) is 5.01. The number of hydrogen-bond acceptors (Lipinski definition) is 4. The summed E-state index contributed by atoms with van der Waals surface area (Å²) in [5, 5.41) is 5.81. The Balaban J connectivity index is 1.23. The van der Waals surface area contributed by atoms with Crippen molar-refractivity contribution >= 4 is 29.2 Å². The number of aromatic nitrogens is 1. The van der Waals surface area contributed by atoms with Crippen LogP contribution in [-0.2, 0) is 32.6 Å². The molecular formula is C32H32F2N4O3. The minimum absolute atomic E-state index is 0.0771. The molecule has 0 saturated carbocycles. The lowest BCUT2D eigenvalue weighted by atomic mass is 9.72. The van der Waals surface area contributed by atoms with Crippen molar-refractivity contribution in [2.75, 3.05) is 17.2 Å². The van der Waals surface area contributed by atoms with Crippen molar-refractivity contribution in [3.63, 3.8) is 0 Å². The first kappa shape index (κ1) is 27.1. The fourth-order valence-electron chi connectivity index (χ4n) is 7.02. The monoisotopic (exact) mass is 558 g/mol. The smallest absolute Gasteiger partial charge is 0.244 e. The van der Waals surface area contributed by atoms with Crippen molar-refractivity contribution in [1.29, 1.82) is 0 Å². The number of rotatable bonds is 6. The topological polar surface area (TPSA) is 91.4 Å². The largest absolute Gasteiger partial charge is 0.326 e. The number of piperidine rings is 1. The van der Waals surface area contributed by atoms with E-state index in [-0.39, 0.29) is 18.4 Å². The molecule has 2 atom stereocenters. The van der Waals surface area contributed by atoms with Crippen LogP contribution >= 0.6 is 0 Å². The van der Waals surface area contributed by atoms with Crippen LogP contribution < -0.4 is 10.6 Å². The van der Waals surface area contributed by atoms with E-state index in [0.717, 1.165) is 22.8 Å². The third-order valence-corrected chi connectivity index (χ3v) is 9.39. The summed E-state index contributed by atoms with van der Waals surface area (Å²) in [4.78, 5) is 46.0. The number of nitrogens with zero attached hydrogens (tertiary/aromatic N) is 2. The maximum Gasteiger partial charge on any atom is 0.244 e. The van der Waals surface area contributed by atoms with Gasteiger partial charge in [0.2, 0.25) is 17.7 Å². The highest BCUT2D eigenvalue weighted by Gasteiger charge is 2.51. The molecular weight excluding hydrogens is 526 g/mol. The van der Waals surface area contributed by atoms with E-state index >= 15 is 0 Å². The van der Waals surface area contributed by atoms with Gasteiger partial charge in [0.15, 0.2) is 0 Å². The summed E-state index contributed by atoms with van der Waals surface area (Å²) in [6.45, 7) is 3.67. The lowest BCUT2D eigenvalue weighted by molar-refractivity contribution is -0.153. The summed E-state index contributed by atoms with van der Waals surface area (Å²) in [6, 6.07) is 12.0. The minimum atomic E-state index is -0.718. The molecule has 3 aliphatic rings. The van der Waals surface area contributed by atoms with Gasteiger partial charge >= 0.3 is 0 Å². The second kappa shape index (κ2) is 10.0. The second-order valence-electron chi connectivity index (χ2n) is 11.5.